The lowest BCUT2D eigenvalue weighted by Crippen LogP contribution is -2.37. The van der Waals surface area contributed by atoms with Crippen LogP contribution in [0.25, 0.3) is 0 Å². The molecule has 0 unspecified atom stereocenters. The third-order valence-corrected chi connectivity index (χ3v) is 4.73. The molecule has 0 radical (unpaired) electrons. The van der Waals surface area contributed by atoms with Crippen LogP contribution in [0.15, 0.2) is 42.5 Å². The van der Waals surface area contributed by atoms with Crippen molar-refractivity contribution in [1.82, 2.24) is 5.32 Å². The van der Waals surface area contributed by atoms with Crippen molar-refractivity contribution in [3.05, 3.63) is 64.2 Å². The molecule has 1 amide bonds. The van der Waals surface area contributed by atoms with Gasteiger partial charge in [-0.2, -0.15) is 0 Å². The van der Waals surface area contributed by atoms with Crippen LogP contribution in [0.5, 0.6) is 5.75 Å². The first kappa shape index (κ1) is 16.8. The highest BCUT2D eigenvalue weighted by atomic mass is 35.5. The maximum absolute atomic E-state index is 12.4. The predicted octanol–water partition coefficient (Wildman–Crippen LogP) is 4.47. The van der Waals surface area contributed by atoms with Crippen molar-refractivity contribution < 1.29 is 9.53 Å². The summed E-state index contributed by atoms with van der Waals surface area (Å²) in [5.74, 6) is 0.505. The first-order chi connectivity index (χ1) is 11.5. The van der Waals surface area contributed by atoms with Gasteiger partial charge in [0.1, 0.15) is 5.75 Å². The lowest BCUT2D eigenvalue weighted by Gasteiger charge is -2.19. The highest BCUT2D eigenvalue weighted by Crippen LogP contribution is 2.25. The molecule has 1 N–H and O–H groups in total. The van der Waals surface area contributed by atoms with E-state index in [4.69, 9.17) is 16.3 Å². The Morgan fingerprint density at radius 3 is 2.54 bits per heavy atom. The van der Waals surface area contributed by atoms with Gasteiger partial charge >= 0.3 is 0 Å². The molecule has 0 saturated carbocycles. The van der Waals surface area contributed by atoms with Crippen LogP contribution in [-0.2, 0) is 17.6 Å². The van der Waals surface area contributed by atoms with Crippen LogP contribution in [0.1, 0.15) is 43.0 Å². The van der Waals surface area contributed by atoms with Gasteiger partial charge in [-0.05, 0) is 74.1 Å². The van der Waals surface area contributed by atoms with Crippen LogP contribution in [0.4, 0.5) is 0 Å². The minimum Gasteiger partial charge on any atom is -0.481 e. The molecule has 1 aliphatic carbocycles. The second kappa shape index (κ2) is 7.27. The summed E-state index contributed by atoms with van der Waals surface area (Å²) in [7, 11) is 0. The second-order valence-electron chi connectivity index (χ2n) is 6.33. The lowest BCUT2D eigenvalue weighted by molar-refractivity contribution is -0.127. The Morgan fingerprint density at radius 1 is 1.08 bits per heavy atom. The van der Waals surface area contributed by atoms with Crippen LogP contribution in [-0.4, -0.2) is 12.0 Å². The highest BCUT2D eigenvalue weighted by Gasteiger charge is 2.19. The fourth-order valence-electron chi connectivity index (χ4n) is 3.05. The van der Waals surface area contributed by atoms with Crippen LogP contribution in [0.3, 0.4) is 0 Å². The van der Waals surface area contributed by atoms with Gasteiger partial charge in [-0.1, -0.05) is 29.8 Å². The average molecular weight is 344 g/mol. The van der Waals surface area contributed by atoms with E-state index >= 15 is 0 Å². The molecule has 24 heavy (non-hydrogen) atoms. The molecule has 4 heteroatoms. The number of hydrogen-bond donors (Lipinski definition) is 1. The van der Waals surface area contributed by atoms with Crippen LogP contribution < -0.4 is 10.1 Å². The minimum atomic E-state index is -0.567. The Hall–Kier alpha value is -2.00. The van der Waals surface area contributed by atoms with Crippen molar-refractivity contribution in [2.45, 2.75) is 45.3 Å². The van der Waals surface area contributed by atoms with Gasteiger partial charge in [0.2, 0.25) is 0 Å². The quantitative estimate of drug-likeness (QED) is 0.869. The van der Waals surface area contributed by atoms with E-state index in [1.54, 1.807) is 31.2 Å². The van der Waals surface area contributed by atoms with Crippen molar-refractivity contribution in [3.8, 4) is 5.75 Å². The standard InChI is InChI=1S/C20H22ClNO2/c1-13(16-7-6-15-4-3-5-17(15)12-16)22-20(23)14(2)24-19-10-8-18(21)9-11-19/h6-14H,3-5H2,1-2H3,(H,22,23)/t13-,14-/m0/s1. The first-order valence-electron chi connectivity index (χ1n) is 8.37. The van der Waals surface area contributed by atoms with E-state index in [0.717, 1.165) is 12.0 Å². The number of halogens is 1. The first-order valence-corrected chi connectivity index (χ1v) is 8.75. The maximum atomic E-state index is 12.4. The molecule has 3 rings (SSSR count). The Kier molecular flexibility index (Phi) is 5.10. The fraction of sp³-hybridized carbons (Fsp3) is 0.350. The van der Waals surface area contributed by atoms with Gasteiger partial charge in [0, 0.05) is 5.02 Å². The molecule has 2 aromatic carbocycles. The third-order valence-electron chi connectivity index (χ3n) is 4.48. The minimum absolute atomic E-state index is 0.0420. The Morgan fingerprint density at radius 2 is 1.79 bits per heavy atom. The Labute approximate surface area is 148 Å². The van der Waals surface area contributed by atoms with Crippen molar-refractivity contribution >= 4 is 17.5 Å². The molecule has 1 aliphatic rings. The van der Waals surface area contributed by atoms with Crippen LogP contribution >= 0.6 is 11.6 Å². The zero-order valence-electron chi connectivity index (χ0n) is 14.0. The number of carbonyl (C=O) groups excluding carboxylic acids is 1. The van der Waals surface area contributed by atoms with E-state index < -0.39 is 6.10 Å². The average Bonchev–Trinajstić information content (AvgIpc) is 3.04. The molecule has 0 heterocycles. The molecular formula is C20H22ClNO2. The van der Waals surface area contributed by atoms with Crippen molar-refractivity contribution in [1.29, 1.82) is 0 Å². The summed E-state index contributed by atoms with van der Waals surface area (Å²) in [6.07, 6.45) is 2.97. The topological polar surface area (TPSA) is 38.3 Å². The molecule has 3 nitrogen and oxygen atoms in total. The van der Waals surface area contributed by atoms with Gasteiger partial charge in [-0.25, -0.2) is 0 Å². The van der Waals surface area contributed by atoms with Gasteiger partial charge in [-0.3, -0.25) is 4.79 Å². The van der Waals surface area contributed by atoms with Gasteiger partial charge in [0.25, 0.3) is 5.91 Å². The van der Waals surface area contributed by atoms with Crippen molar-refractivity contribution in [3.63, 3.8) is 0 Å². The van der Waals surface area contributed by atoms with Crippen molar-refractivity contribution in [2.24, 2.45) is 0 Å². The zero-order valence-corrected chi connectivity index (χ0v) is 14.8. The molecule has 0 fully saturated rings. The molecule has 2 atom stereocenters. The monoisotopic (exact) mass is 343 g/mol. The van der Waals surface area contributed by atoms with E-state index in [1.807, 2.05) is 6.92 Å². The number of hydrogen-bond acceptors (Lipinski definition) is 2. The van der Waals surface area contributed by atoms with E-state index in [1.165, 1.54) is 24.0 Å². The normalized spacial score (nSPS) is 15.5. The number of rotatable bonds is 5. The molecule has 0 aliphatic heterocycles. The van der Waals surface area contributed by atoms with E-state index in [-0.39, 0.29) is 11.9 Å². The summed E-state index contributed by atoms with van der Waals surface area (Å²) in [6.45, 7) is 3.75. The predicted molar refractivity (Wildman–Crippen MR) is 96.6 cm³/mol. The molecule has 0 aromatic heterocycles. The Bertz CT molecular complexity index is 727. The van der Waals surface area contributed by atoms with E-state index in [2.05, 4.69) is 23.5 Å². The number of aryl methyl sites for hydroxylation is 2. The van der Waals surface area contributed by atoms with Gasteiger partial charge in [-0.15, -0.1) is 0 Å². The maximum Gasteiger partial charge on any atom is 0.261 e. The van der Waals surface area contributed by atoms with Gasteiger partial charge < -0.3 is 10.1 Å². The summed E-state index contributed by atoms with van der Waals surface area (Å²) >= 11 is 5.85. The molecule has 0 spiro atoms. The van der Waals surface area contributed by atoms with Gasteiger partial charge in [0.05, 0.1) is 6.04 Å². The van der Waals surface area contributed by atoms with Crippen molar-refractivity contribution in [2.75, 3.05) is 0 Å². The number of fused-ring (bicyclic) bond motifs is 1. The van der Waals surface area contributed by atoms with Crippen LogP contribution in [0, 0.1) is 0 Å². The zero-order chi connectivity index (χ0) is 17.1. The summed E-state index contributed by atoms with van der Waals surface area (Å²) < 4.78 is 5.67. The number of carbonyl (C=O) groups is 1. The highest BCUT2D eigenvalue weighted by molar-refractivity contribution is 6.30. The summed E-state index contributed by atoms with van der Waals surface area (Å²) in [4.78, 5) is 12.4. The second-order valence-corrected chi connectivity index (χ2v) is 6.76. The molecular weight excluding hydrogens is 322 g/mol. The Balaban J connectivity index is 1.60. The van der Waals surface area contributed by atoms with Crippen LogP contribution in [0.2, 0.25) is 5.02 Å². The summed E-state index contributed by atoms with van der Waals surface area (Å²) in [6, 6.07) is 13.5. The number of benzene rings is 2. The summed E-state index contributed by atoms with van der Waals surface area (Å²) in [5, 5.41) is 3.67. The van der Waals surface area contributed by atoms with E-state index in [9.17, 15) is 4.79 Å². The number of nitrogens with one attached hydrogen (secondary N) is 1. The number of ether oxygens (including phenoxy) is 1. The molecule has 0 bridgehead atoms. The molecule has 126 valence electrons. The largest absolute Gasteiger partial charge is 0.481 e. The summed E-state index contributed by atoms with van der Waals surface area (Å²) in [5.41, 5.74) is 4.00. The van der Waals surface area contributed by atoms with Gasteiger partial charge in [0.15, 0.2) is 6.10 Å². The lowest BCUT2D eigenvalue weighted by atomic mass is 10.0. The third kappa shape index (κ3) is 3.90. The smallest absolute Gasteiger partial charge is 0.261 e. The SMILES string of the molecule is C[C@H](Oc1ccc(Cl)cc1)C(=O)N[C@@H](C)c1ccc2c(c1)CCC2. The van der Waals surface area contributed by atoms with E-state index in [0.29, 0.717) is 10.8 Å². The fourth-order valence-corrected chi connectivity index (χ4v) is 3.17. The number of amides is 1. The molecule has 0 saturated heterocycles. The molecule has 2 aromatic rings.